The number of nitrogens with one attached hydrogen (secondary N) is 2. The van der Waals surface area contributed by atoms with Gasteiger partial charge in [-0.1, -0.05) is 0 Å². The molecule has 0 radical (unpaired) electrons. The second kappa shape index (κ2) is 4.31. The van der Waals surface area contributed by atoms with Crippen molar-refractivity contribution < 1.29 is 4.79 Å². The standard InChI is InChI=1S/C11H12N2OS/c1-12-11(14)7-13-9-2-3-10-8(6-9)4-5-15-10/h2-6,13H,7H2,1H3,(H,12,14). The lowest BCUT2D eigenvalue weighted by Crippen LogP contribution is -2.26. The molecule has 0 atom stereocenters. The van der Waals surface area contributed by atoms with Gasteiger partial charge in [-0.05, 0) is 35.0 Å². The summed E-state index contributed by atoms with van der Waals surface area (Å²) in [5, 5.41) is 8.91. The summed E-state index contributed by atoms with van der Waals surface area (Å²) in [4.78, 5) is 11.0. The molecule has 3 nitrogen and oxygen atoms in total. The summed E-state index contributed by atoms with van der Waals surface area (Å²) in [6, 6.07) is 8.17. The van der Waals surface area contributed by atoms with Crippen LogP contribution in [0.25, 0.3) is 10.1 Å². The number of carbonyl (C=O) groups excluding carboxylic acids is 1. The number of hydrogen-bond donors (Lipinski definition) is 2. The zero-order valence-electron chi connectivity index (χ0n) is 8.41. The first-order valence-electron chi connectivity index (χ1n) is 4.71. The van der Waals surface area contributed by atoms with Crippen LogP contribution in [-0.2, 0) is 4.79 Å². The molecule has 0 aliphatic rings. The summed E-state index contributed by atoms with van der Waals surface area (Å²) in [6.07, 6.45) is 0. The quantitative estimate of drug-likeness (QED) is 0.831. The fourth-order valence-corrected chi connectivity index (χ4v) is 2.12. The van der Waals surface area contributed by atoms with Gasteiger partial charge in [0, 0.05) is 17.4 Å². The first-order valence-corrected chi connectivity index (χ1v) is 5.59. The Labute approximate surface area is 92.1 Å². The maximum atomic E-state index is 11.0. The highest BCUT2D eigenvalue weighted by molar-refractivity contribution is 7.17. The van der Waals surface area contributed by atoms with Crippen LogP contribution in [0.5, 0.6) is 0 Å². The van der Waals surface area contributed by atoms with Gasteiger partial charge in [0.2, 0.25) is 5.91 Å². The molecular weight excluding hydrogens is 208 g/mol. The normalized spacial score (nSPS) is 10.2. The van der Waals surface area contributed by atoms with E-state index in [1.807, 2.05) is 6.07 Å². The van der Waals surface area contributed by atoms with Crippen LogP contribution in [0.15, 0.2) is 29.6 Å². The molecule has 1 amide bonds. The lowest BCUT2D eigenvalue weighted by molar-refractivity contribution is -0.118. The van der Waals surface area contributed by atoms with Crippen LogP contribution in [0.4, 0.5) is 5.69 Å². The van der Waals surface area contributed by atoms with E-state index in [0.717, 1.165) is 5.69 Å². The second-order valence-electron chi connectivity index (χ2n) is 3.20. The van der Waals surface area contributed by atoms with E-state index in [-0.39, 0.29) is 5.91 Å². The van der Waals surface area contributed by atoms with E-state index in [1.54, 1.807) is 18.4 Å². The van der Waals surface area contributed by atoms with Crippen LogP contribution in [0.1, 0.15) is 0 Å². The molecule has 2 aromatic rings. The minimum absolute atomic E-state index is 0.0135. The third-order valence-electron chi connectivity index (χ3n) is 2.18. The Morgan fingerprint density at radius 1 is 1.40 bits per heavy atom. The van der Waals surface area contributed by atoms with Crippen LogP contribution in [0.3, 0.4) is 0 Å². The topological polar surface area (TPSA) is 41.1 Å². The Bertz CT molecular complexity index is 478. The van der Waals surface area contributed by atoms with Gasteiger partial charge in [0.1, 0.15) is 0 Å². The van der Waals surface area contributed by atoms with Gasteiger partial charge in [0.05, 0.1) is 6.54 Å². The van der Waals surface area contributed by atoms with E-state index in [1.165, 1.54) is 10.1 Å². The summed E-state index contributed by atoms with van der Waals surface area (Å²) in [6.45, 7) is 0.312. The summed E-state index contributed by atoms with van der Waals surface area (Å²) in [5.74, 6) is -0.0135. The van der Waals surface area contributed by atoms with E-state index in [0.29, 0.717) is 6.54 Å². The largest absolute Gasteiger partial charge is 0.376 e. The Hall–Kier alpha value is -1.55. The summed E-state index contributed by atoms with van der Waals surface area (Å²) < 4.78 is 1.26. The van der Waals surface area contributed by atoms with Gasteiger partial charge in [-0.25, -0.2) is 0 Å². The monoisotopic (exact) mass is 220 g/mol. The Morgan fingerprint density at radius 3 is 3.07 bits per heavy atom. The highest BCUT2D eigenvalue weighted by Gasteiger charge is 1.99. The zero-order valence-corrected chi connectivity index (χ0v) is 9.23. The van der Waals surface area contributed by atoms with E-state index in [9.17, 15) is 4.79 Å². The minimum Gasteiger partial charge on any atom is -0.376 e. The van der Waals surface area contributed by atoms with Crippen molar-refractivity contribution in [2.24, 2.45) is 0 Å². The maximum Gasteiger partial charge on any atom is 0.239 e. The molecule has 0 aliphatic heterocycles. The first kappa shape index (κ1) is 9.98. The molecule has 1 heterocycles. The van der Waals surface area contributed by atoms with Gasteiger partial charge in [-0.15, -0.1) is 11.3 Å². The third-order valence-corrected chi connectivity index (χ3v) is 3.08. The maximum absolute atomic E-state index is 11.0. The third kappa shape index (κ3) is 2.27. The van der Waals surface area contributed by atoms with Gasteiger partial charge in [0.15, 0.2) is 0 Å². The molecule has 0 bridgehead atoms. The Balaban J connectivity index is 2.11. The molecule has 0 fully saturated rings. The molecule has 1 aromatic heterocycles. The van der Waals surface area contributed by atoms with Crippen molar-refractivity contribution in [2.45, 2.75) is 0 Å². The van der Waals surface area contributed by atoms with Crippen LogP contribution >= 0.6 is 11.3 Å². The molecule has 0 unspecified atom stereocenters. The molecule has 15 heavy (non-hydrogen) atoms. The number of amides is 1. The van der Waals surface area contributed by atoms with E-state index in [4.69, 9.17) is 0 Å². The molecular formula is C11H12N2OS. The Morgan fingerprint density at radius 2 is 2.27 bits per heavy atom. The smallest absolute Gasteiger partial charge is 0.239 e. The van der Waals surface area contributed by atoms with Crippen molar-refractivity contribution in [3.63, 3.8) is 0 Å². The molecule has 78 valence electrons. The van der Waals surface area contributed by atoms with Gasteiger partial charge in [-0.3, -0.25) is 4.79 Å². The first-order chi connectivity index (χ1) is 7.29. The van der Waals surface area contributed by atoms with Crippen molar-refractivity contribution in [1.29, 1.82) is 0 Å². The molecule has 2 rings (SSSR count). The highest BCUT2D eigenvalue weighted by atomic mass is 32.1. The summed E-state index contributed by atoms with van der Waals surface area (Å²) >= 11 is 1.72. The average molecular weight is 220 g/mol. The van der Waals surface area contributed by atoms with Crippen LogP contribution in [-0.4, -0.2) is 19.5 Å². The summed E-state index contributed by atoms with van der Waals surface area (Å²) in [5.41, 5.74) is 0.976. The van der Waals surface area contributed by atoms with Crippen molar-refractivity contribution in [3.05, 3.63) is 29.6 Å². The fourth-order valence-electron chi connectivity index (χ4n) is 1.35. The van der Waals surface area contributed by atoms with Crippen LogP contribution in [0, 0.1) is 0 Å². The van der Waals surface area contributed by atoms with Crippen molar-refractivity contribution >= 4 is 33.0 Å². The van der Waals surface area contributed by atoms with E-state index in [2.05, 4.69) is 34.2 Å². The van der Waals surface area contributed by atoms with Crippen LogP contribution in [0.2, 0.25) is 0 Å². The molecule has 4 heteroatoms. The fraction of sp³-hybridized carbons (Fsp3) is 0.182. The number of fused-ring (bicyclic) bond motifs is 1. The predicted octanol–water partition coefficient (Wildman–Crippen LogP) is 2.06. The molecule has 0 spiro atoms. The average Bonchev–Trinajstić information content (AvgIpc) is 2.72. The number of hydrogen-bond acceptors (Lipinski definition) is 3. The number of carbonyl (C=O) groups is 1. The van der Waals surface area contributed by atoms with Gasteiger partial charge < -0.3 is 10.6 Å². The van der Waals surface area contributed by atoms with Gasteiger partial charge in [0.25, 0.3) is 0 Å². The van der Waals surface area contributed by atoms with Gasteiger partial charge >= 0.3 is 0 Å². The van der Waals surface area contributed by atoms with Crippen LogP contribution < -0.4 is 10.6 Å². The van der Waals surface area contributed by atoms with Crippen molar-refractivity contribution in [1.82, 2.24) is 5.32 Å². The number of benzene rings is 1. The number of thiophene rings is 1. The molecule has 1 aromatic carbocycles. The van der Waals surface area contributed by atoms with Crippen molar-refractivity contribution in [2.75, 3.05) is 18.9 Å². The molecule has 0 saturated heterocycles. The second-order valence-corrected chi connectivity index (χ2v) is 4.15. The minimum atomic E-state index is -0.0135. The lowest BCUT2D eigenvalue weighted by Gasteiger charge is -2.04. The highest BCUT2D eigenvalue weighted by Crippen LogP contribution is 2.23. The molecule has 0 saturated carbocycles. The molecule has 2 N–H and O–H groups in total. The number of anilines is 1. The number of likely N-dealkylation sites (N-methyl/N-ethyl adjacent to an activating group) is 1. The predicted molar refractivity (Wildman–Crippen MR) is 64.4 cm³/mol. The van der Waals surface area contributed by atoms with Crippen molar-refractivity contribution in [3.8, 4) is 0 Å². The van der Waals surface area contributed by atoms with E-state index < -0.39 is 0 Å². The molecule has 0 aliphatic carbocycles. The number of rotatable bonds is 3. The van der Waals surface area contributed by atoms with Gasteiger partial charge in [-0.2, -0.15) is 0 Å². The lowest BCUT2D eigenvalue weighted by atomic mass is 10.2. The van der Waals surface area contributed by atoms with E-state index >= 15 is 0 Å². The zero-order chi connectivity index (χ0) is 10.7. The SMILES string of the molecule is CNC(=O)CNc1ccc2sccc2c1. The Kier molecular flexibility index (Phi) is 2.87. The summed E-state index contributed by atoms with van der Waals surface area (Å²) in [7, 11) is 1.63.